The molecule has 0 aliphatic carbocycles. The fraction of sp³-hybridized carbons (Fsp3) is 0.818. The summed E-state index contributed by atoms with van der Waals surface area (Å²) in [5.74, 6) is -0.831. The molecule has 0 spiro atoms. The van der Waals surface area contributed by atoms with Crippen LogP contribution in [0.3, 0.4) is 0 Å². The minimum Gasteiger partial charge on any atom is -0.443 e. The average Bonchev–Trinajstić information content (AvgIpc) is 2.53. The van der Waals surface area contributed by atoms with Crippen LogP contribution in [0.1, 0.15) is 33.6 Å². The van der Waals surface area contributed by atoms with Crippen LogP contribution in [0, 0.1) is 0 Å². The van der Waals surface area contributed by atoms with Crippen molar-refractivity contribution in [2.75, 3.05) is 6.67 Å². The van der Waals surface area contributed by atoms with Crippen molar-refractivity contribution in [3.8, 4) is 0 Å². The number of imide groups is 1. The summed E-state index contributed by atoms with van der Waals surface area (Å²) < 4.78 is 43.7. The van der Waals surface area contributed by atoms with Crippen LogP contribution >= 0.6 is 0 Å². The maximum Gasteiger partial charge on any atom is 0.417 e. The van der Waals surface area contributed by atoms with Crippen molar-refractivity contribution < 1.29 is 27.5 Å². The highest BCUT2D eigenvalue weighted by Gasteiger charge is 2.56. The summed E-state index contributed by atoms with van der Waals surface area (Å²) >= 11 is 0. The predicted octanol–water partition coefficient (Wildman–Crippen LogP) is 2.52. The van der Waals surface area contributed by atoms with E-state index in [1.54, 1.807) is 0 Å². The molecular weight excluding hydrogens is 251 g/mol. The van der Waals surface area contributed by atoms with Crippen molar-refractivity contribution in [1.82, 2.24) is 4.90 Å². The minimum absolute atomic E-state index is 0.239. The molecule has 0 saturated carbocycles. The van der Waals surface area contributed by atoms with Gasteiger partial charge in [-0.3, -0.25) is 4.79 Å². The Hall–Kier alpha value is -1.27. The molecule has 1 unspecified atom stereocenters. The van der Waals surface area contributed by atoms with E-state index in [1.807, 2.05) is 0 Å². The van der Waals surface area contributed by atoms with E-state index in [2.05, 4.69) is 0 Å². The molecule has 0 aromatic heterocycles. The Morgan fingerprint density at radius 2 is 2.06 bits per heavy atom. The fourth-order valence-electron chi connectivity index (χ4n) is 1.78. The van der Waals surface area contributed by atoms with Gasteiger partial charge in [0.2, 0.25) is 5.91 Å². The van der Waals surface area contributed by atoms with Gasteiger partial charge in [0.25, 0.3) is 6.43 Å². The molecule has 1 rings (SSSR count). The first-order valence-electron chi connectivity index (χ1n) is 5.54. The molecule has 0 radical (unpaired) electrons. The van der Waals surface area contributed by atoms with Gasteiger partial charge in [0.1, 0.15) is 17.8 Å². The number of likely N-dealkylation sites (tertiary alicyclic amines) is 1. The minimum atomic E-state index is -3.14. The van der Waals surface area contributed by atoms with Crippen LogP contribution in [0.5, 0.6) is 0 Å². The summed E-state index contributed by atoms with van der Waals surface area (Å²) in [5.41, 5.74) is -3.32. The Bertz CT molecular complexity index is 354. The molecule has 7 heteroatoms. The van der Waals surface area contributed by atoms with Crippen molar-refractivity contribution in [2.45, 2.75) is 51.2 Å². The zero-order valence-corrected chi connectivity index (χ0v) is 10.5. The van der Waals surface area contributed by atoms with Gasteiger partial charge in [-0.2, -0.15) is 0 Å². The highest BCUT2D eigenvalue weighted by atomic mass is 19.3. The monoisotopic (exact) mass is 267 g/mol. The van der Waals surface area contributed by atoms with Crippen molar-refractivity contribution in [2.24, 2.45) is 0 Å². The van der Waals surface area contributed by atoms with Crippen LogP contribution in [0.25, 0.3) is 0 Å². The van der Waals surface area contributed by atoms with Crippen LogP contribution in [0.2, 0.25) is 0 Å². The number of rotatable bonds is 2. The molecule has 0 bridgehead atoms. The first-order valence-corrected chi connectivity index (χ1v) is 5.54. The van der Waals surface area contributed by atoms with E-state index < -0.39 is 36.2 Å². The molecule has 0 aromatic carbocycles. The molecule has 104 valence electrons. The SMILES string of the molecule is CC(C)(C)OC(=O)N1C(=O)CCC1(CF)C(F)F. The summed E-state index contributed by atoms with van der Waals surface area (Å²) in [6.07, 6.45) is -5.03. The van der Waals surface area contributed by atoms with Crippen molar-refractivity contribution in [3.63, 3.8) is 0 Å². The fourth-order valence-corrected chi connectivity index (χ4v) is 1.78. The molecule has 1 saturated heterocycles. The Morgan fingerprint density at radius 3 is 2.44 bits per heavy atom. The van der Waals surface area contributed by atoms with Gasteiger partial charge in [0.05, 0.1) is 0 Å². The largest absolute Gasteiger partial charge is 0.443 e. The van der Waals surface area contributed by atoms with Gasteiger partial charge in [-0.05, 0) is 27.2 Å². The number of carbonyl (C=O) groups excluding carboxylic acids is 2. The van der Waals surface area contributed by atoms with Gasteiger partial charge in [0.15, 0.2) is 0 Å². The van der Waals surface area contributed by atoms with E-state index in [0.29, 0.717) is 0 Å². The first-order chi connectivity index (χ1) is 8.14. The second-order valence-corrected chi connectivity index (χ2v) is 5.25. The lowest BCUT2D eigenvalue weighted by molar-refractivity contribution is -0.136. The van der Waals surface area contributed by atoms with E-state index in [-0.39, 0.29) is 17.7 Å². The third-order valence-corrected chi connectivity index (χ3v) is 2.68. The lowest BCUT2D eigenvalue weighted by atomic mass is 9.99. The van der Waals surface area contributed by atoms with E-state index >= 15 is 0 Å². The number of halogens is 3. The number of alkyl halides is 3. The van der Waals surface area contributed by atoms with E-state index in [9.17, 15) is 22.8 Å². The Labute approximate surface area is 103 Å². The van der Waals surface area contributed by atoms with Gasteiger partial charge in [-0.25, -0.2) is 22.9 Å². The Kier molecular flexibility index (Phi) is 3.92. The zero-order valence-electron chi connectivity index (χ0n) is 10.5. The highest BCUT2D eigenvalue weighted by Crippen LogP contribution is 2.37. The summed E-state index contributed by atoms with van der Waals surface area (Å²) in [7, 11) is 0. The van der Waals surface area contributed by atoms with Crippen molar-refractivity contribution in [1.29, 1.82) is 0 Å². The summed E-state index contributed by atoms with van der Waals surface area (Å²) in [4.78, 5) is 23.5. The van der Waals surface area contributed by atoms with Crippen molar-refractivity contribution in [3.05, 3.63) is 0 Å². The topological polar surface area (TPSA) is 46.6 Å². The third-order valence-electron chi connectivity index (χ3n) is 2.68. The van der Waals surface area contributed by atoms with Gasteiger partial charge in [-0.15, -0.1) is 0 Å². The maximum absolute atomic E-state index is 13.0. The molecule has 1 atom stereocenters. The summed E-state index contributed by atoms with van der Waals surface area (Å²) in [6.45, 7) is 3.12. The average molecular weight is 267 g/mol. The molecule has 0 N–H and O–H groups in total. The second-order valence-electron chi connectivity index (χ2n) is 5.25. The van der Waals surface area contributed by atoms with Gasteiger partial charge in [0, 0.05) is 6.42 Å². The summed E-state index contributed by atoms with van der Waals surface area (Å²) in [6, 6.07) is 0. The van der Waals surface area contributed by atoms with Gasteiger partial charge >= 0.3 is 6.09 Å². The van der Waals surface area contributed by atoms with Gasteiger partial charge < -0.3 is 4.74 Å². The maximum atomic E-state index is 13.0. The molecule has 4 nitrogen and oxygen atoms in total. The number of hydrogen-bond acceptors (Lipinski definition) is 3. The molecular formula is C11H16F3NO3. The van der Waals surface area contributed by atoms with Gasteiger partial charge in [-0.1, -0.05) is 0 Å². The number of nitrogens with zero attached hydrogens (tertiary/aromatic N) is 1. The Balaban J connectivity index is 3.02. The number of ether oxygens (including phenoxy) is 1. The number of carbonyl (C=O) groups is 2. The van der Waals surface area contributed by atoms with E-state index in [0.717, 1.165) is 0 Å². The standard InChI is InChI=1S/C11H16F3NO3/c1-10(2,3)18-9(17)15-7(16)4-5-11(15,6-12)8(13)14/h8H,4-6H2,1-3H3. The smallest absolute Gasteiger partial charge is 0.417 e. The van der Waals surface area contributed by atoms with Crippen LogP contribution in [-0.2, 0) is 9.53 Å². The number of hydrogen-bond donors (Lipinski definition) is 0. The molecule has 0 aromatic rings. The molecule has 1 aliphatic heterocycles. The molecule has 2 amide bonds. The van der Waals surface area contributed by atoms with Crippen LogP contribution in [0.4, 0.5) is 18.0 Å². The molecule has 1 heterocycles. The Morgan fingerprint density at radius 1 is 1.50 bits per heavy atom. The van der Waals surface area contributed by atoms with Crippen molar-refractivity contribution >= 4 is 12.0 Å². The normalized spacial score (nSPS) is 24.8. The molecule has 18 heavy (non-hydrogen) atoms. The third kappa shape index (κ3) is 2.59. The highest BCUT2D eigenvalue weighted by molar-refractivity contribution is 5.95. The van der Waals surface area contributed by atoms with E-state index in [4.69, 9.17) is 4.74 Å². The quantitative estimate of drug-likeness (QED) is 0.772. The predicted molar refractivity (Wildman–Crippen MR) is 57.0 cm³/mol. The lowest BCUT2D eigenvalue weighted by Crippen LogP contribution is -2.56. The van der Waals surface area contributed by atoms with Crippen LogP contribution in [-0.4, -0.2) is 41.1 Å². The first kappa shape index (κ1) is 14.8. The zero-order chi connectivity index (χ0) is 14.1. The molecule has 1 aliphatic rings. The summed E-state index contributed by atoms with van der Waals surface area (Å²) in [5, 5.41) is 0. The number of amides is 2. The van der Waals surface area contributed by atoms with E-state index in [1.165, 1.54) is 20.8 Å². The van der Waals surface area contributed by atoms with Crippen LogP contribution < -0.4 is 0 Å². The molecule has 1 fully saturated rings. The second kappa shape index (κ2) is 4.78. The van der Waals surface area contributed by atoms with Crippen LogP contribution in [0.15, 0.2) is 0 Å². The lowest BCUT2D eigenvalue weighted by Gasteiger charge is -2.34.